The lowest BCUT2D eigenvalue weighted by atomic mass is 10.1. The van der Waals surface area contributed by atoms with Gasteiger partial charge in [-0.25, -0.2) is 0 Å². The molecule has 3 heteroatoms. The third kappa shape index (κ3) is 1.52. The molecule has 2 aromatic rings. The van der Waals surface area contributed by atoms with E-state index in [0.29, 0.717) is 0 Å². The van der Waals surface area contributed by atoms with E-state index in [9.17, 15) is 0 Å². The van der Waals surface area contributed by atoms with Gasteiger partial charge in [-0.3, -0.25) is 5.10 Å². The number of aromatic amines is 1. The largest absolute Gasteiger partial charge is 0.278 e. The van der Waals surface area contributed by atoms with Crippen LogP contribution < -0.4 is 0 Å². The van der Waals surface area contributed by atoms with Gasteiger partial charge in [-0.15, -0.1) is 0 Å². The molecule has 0 spiro atoms. The van der Waals surface area contributed by atoms with Crippen LogP contribution in [0.5, 0.6) is 0 Å². The molecular formula is C10H9BrN2. The number of H-pyrrole nitrogens is 1. The minimum absolute atomic E-state index is 1.04. The van der Waals surface area contributed by atoms with Crippen molar-refractivity contribution in [3.8, 4) is 11.3 Å². The molecular weight excluding hydrogens is 228 g/mol. The number of nitrogens with one attached hydrogen (secondary N) is 1. The van der Waals surface area contributed by atoms with Crippen LogP contribution in [0.2, 0.25) is 0 Å². The Kier molecular flexibility index (Phi) is 2.19. The van der Waals surface area contributed by atoms with Crippen molar-refractivity contribution in [3.63, 3.8) is 0 Å². The van der Waals surface area contributed by atoms with Gasteiger partial charge in [0.05, 0.1) is 5.69 Å². The summed E-state index contributed by atoms with van der Waals surface area (Å²) in [6.07, 6.45) is 1.75. The summed E-state index contributed by atoms with van der Waals surface area (Å²) >= 11 is 3.55. The molecule has 0 bridgehead atoms. The van der Waals surface area contributed by atoms with E-state index < -0.39 is 0 Å². The van der Waals surface area contributed by atoms with Gasteiger partial charge in [-0.05, 0) is 34.5 Å². The summed E-state index contributed by atoms with van der Waals surface area (Å²) in [5.41, 5.74) is 3.42. The topological polar surface area (TPSA) is 28.7 Å². The fourth-order valence-corrected chi connectivity index (χ4v) is 1.74. The van der Waals surface area contributed by atoms with Crippen LogP contribution in [-0.4, -0.2) is 10.2 Å². The smallest absolute Gasteiger partial charge is 0.0661 e. The molecule has 1 N–H and O–H groups in total. The van der Waals surface area contributed by atoms with Gasteiger partial charge in [0.15, 0.2) is 0 Å². The van der Waals surface area contributed by atoms with Crippen molar-refractivity contribution in [1.29, 1.82) is 0 Å². The molecule has 0 aliphatic heterocycles. The van der Waals surface area contributed by atoms with E-state index in [-0.39, 0.29) is 0 Å². The van der Waals surface area contributed by atoms with Crippen LogP contribution in [0.4, 0.5) is 0 Å². The highest BCUT2D eigenvalue weighted by Gasteiger charge is 2.04. The lowest BCUT2D eigenvalue weighted by Crippen LogP contribution is -1.83. The van der Waals surface area contributed by atoms with Gasteiger partial charge in [0.25, 0.3) is 0 Å². The molecule has 13 heavy (non-hydrogen) atoms. The molecule has 66 valence electrons. The van der Waals surface area contributed by atoms with Crippen LogP contribution in [0, 0.1) is 6.92 Å². The molecule has 1 heterocycles. The van der Waals surface area contributed by atoms with E-state index in [1.54, 1.807) is 6.20 Å². The average molecular weight is 237 g/mol. The van der Waals surface area contributed by atoms with Gasteiger partial charge < -0.3 is 0 Å². The Balaban J connectivity index is 2.59. The van der Waals surface area contributed by atoms with Crippen LogP contribution >= 0.6 is 15.9 Å². The van der Waals surface area contributed by atoms with Gasteiger partial charge in [0.1, 0.15) is 0 Å². The lowest BCUT2D eigenvalue weighted by molar-refractivity contribution is 1.09. The Morgan fingerprint density at radius 3 is 2.85 bits per heavy atom. The molecule has 0 aliphatic rings. The molecule has 0 radical (unpaired) electrons. The first-order chi connectivity index (χ1) is 6.29. The molecule has 0 saturated heterocycles. The van der Waals surface area contributed by atoms with Crippen molar-refractivity contribution in [2.24, 2.45) is 0 Å². The Labute approximate surface area is 85.1 Å². The number of benzene rings is 1. The molecule has 0 aliphatic carbocycles. The van der Waals surface area contributed by atoms with Gasteiger partial charge in [0.2, 0.25) is 0 Å². The number of aromatic nitrogens is 2. The summed E-state index contributed by atoms with van der Waals surface area (Å²) in [5, 5.41) is 6.86. The first kappa shape index (κ1) is 8.51. The normalized spacial score (nSPS) is 10.3. The van der Waals surface area contributed by atoms with Gasteiger partial charge in [-0.1, -0.05) is 18.2 Å². The monoisotopic (exact) mass is 236 g/mol. The molecule has 0 fully saturated rings. The fraction of sp³-hybridized carbons (Fsp3) is 0.100. The molecule has 1 aromatic carbocycles. The van der Waals surface area contributed by atoms with E-state index in [0.717, 1.165) is 15.7 Å². The second-order valence-electron chi connectivity index (χ2n) is 2.91. The maximum atomic E-state index is 3.92. The molecule has 2 nitrogen and oxygen atoms in total. The summed E-state index contributed by atoms with van der Waals surface area (Å²) in [5.74, 6) is 0. The molecule has 1 aromatic heterocycles. The standard InChI is InChI=1S/C10H9BrN2/c1-7-3-2-4-8(10(7)11)9-5-6-12-13-9/h2-6H,1H3,(H,12,13). The Hall–Kier alpha value is -1.09. The minimum Gasteiger partial charge on any atom is -0.278 e. The zero-order valence-corrected chi connectivity index (χ0v) is 8.80. The second kappa shape index (κ2) is 3.34. The van der Waals surface area contributed by atoms with Crippen molar-refractivity contribution >= 4 is 15.9 Å². The van der Waals surface area contributed by atoms with Gasteiger partial charge >= 0.3 is 0 Å². The quantitative estimate of drug-likeness (QED) is 0.810. The number of hydrogen-bond donors (Lipinski definition) is 1. The SMILES string of the molecule is Cc1cccc(-c2ccn[nH]2)c1Br. The van der Waals surface area contributed by atoms with Crippen LogP contribution in [-0.2, 0) is 0 Å². The van der Waals surface area contributed by atoms with E-state index in [1.165, 1.54) is 5.56 Å². The number of hydrogen-bond acceptors (Lipinski definition) is 1. The fourth-order valence-electron chi connectivity index (χ4n) is 1.26. The summed E-state index contributed by atoms with van der Waals surface area (Å²) in [4.78, 5) is 0. The molecule has 2 rings (SSSR count). The highest BCUT2D eigenvalue weighted by atomic mass is 79.9. The predicted octanol–water partition coefficient (Wildman–Crippen LogP) is 3.15. The molecule has 0 unspecified atom stereocenters. The number of rotatable bonds is 1. The first-order valence-corrected chi connectivity index (χ1v) is 4.83. The van der Waals surface area contributed by atoms with Crippen molar-refractivity contribution < 1.29 is 0 Å². The van der Waals surface area contributed by atoms with Crippen molar-refractivity contribution in [3.05, 3.63) is 40.5 Å². The maximum absolute atomic E-state index is 3.92. The van der Waals surface area contributed by atoms with Crippen molar-refractivity contribution in [1.82, 2.24) is 10.2 Å². The average Bonchev–Trinajstić information content (AvgIpc) is 2.62. The van der Waals surface area contributed by atoms with Crippen molar-refractivity contribution in [2.75, 3.05) is 0 Å². The van der Waals surface area contributed by atoms with Crippen LogP contribution in [0.25, 0.3) is 11.3 Å². The zero-order valence-electron chi connectivity index (χ0n) is 7.21. The van der Waals surface area contributed by atoms with E-state index in [2.05, 4.69) is 45.2 Å². The first-order valence-electron chi connectivity index (χ1n) is 4.04. The molecule has 0 saturated carbocycles. The minimum atomic E-state index is 1.04. The molecule has 0 atom stereocenters. The summed E-state index contributed by atoms with van der Waals surface area (Å²) in [7, 11) is 0. The number of halogens is 1. The summed E-state index contributed by atoms with van der Waals surface area (Å²) < 4.78 is 1.12. The lowest BCUT2D eigenvalue weighted by Gasteiger charge is -2.03. The van der Waals surface area contributed by atoms with Crippen molar-refractivity contribution in [2.45, 2.75) is 6.92 Å². The van der Waals surface area contributed by atoms with Crippen LogP contribution in [0.3, 0.4) is 0 Å². The molecule has 0 amide bonds. The third-order valence-corrected chi connectivity index (χ3v) is 3.04. The number of aryl methyl sites for hydroxylation is 1. The Bertz CT molecular complexity index is 407. The van der Waals surface area contributed by atoms with Gasteiger partial charge in [0, 0.05) is 16.2 Å². The highest BCUT2D eigenvalue weighted by molar-refractivity contribution is 9.10. The Morgan fingerprint density at radius 1 is 1.31 bits per heavy atom. The van der Waals surface area contributed by atoms with E-state index in [1.807, 2.05) is 12.1 Å². The van der Waals surface area contributed by atoms with Crippen LogP contribution in [0.15, 0.2) is 34.9 Å². The van der Waals surface area contributed by atoms with Gasteiger partial charge in [-0.2, -0.15) is 5.10 Å². The zero-order chi connectivity index (χ0) is 9.26. The third-order valence-electron chi connectivity index (χ3n) is 1.98. The van der Waals surface area contributed by atoms with E-state index >= 15 is 0 Å². The Morgan fingerprint density at radius 2 is 2.15 bits per heavy atom. The van der Waals surface area contributed by atoms with Crippen LogP contribution in [0.1, 0.15) is 5.56 Å². The highest BCUT2D eigenvalue weighted by Crippen LogP contribution is 2.28. The maximum Gasteiger partial charge on any atom is 0.0661 e. The second-order valence-corrected chi connectivity index (χ2v) is 3.70. The number of nitrogens with zero attached hydrogens (tertiary/aromatic N) is 1. The predicted molar refractivity (Wildman–Crippen MR) is 56.5 cm³/mol. The van der Waals surface area contributed by atoms with E-state index in [4.69, 9.17) is 0 Å². The summed E-state index contributed by atoms with van der Waals surface area (Å²) in [6.45, 7) is 2.07. The summed E-state index contributed by atoms with van der Waals surface area (Å²) in [6, 6.07) is 8.13.